The van der Waals surface area contributed by atoms with Gasteiger partial charge in [0.15, 0.2) is 5.11 Å². The van der Waals surface area contributed by atoms with Crippen LogP contribution in [0, 0.1) is 6.92 Å². The fourth-order valence-corrected chi connectivity index (χ4v) is 2.42. The van der Waals surface area contributed by atoms with E-state index < -0.39 is 0 Å². The molecule has 2 aromatic carbocycles. The van der Waals surface area contributed by atoms with Gasteiger partial charge in [-0.1, -0.05) is 55.8 Å². The summed E-state index contributed by atoms with van der Waals surface area (Å²) in [5, 5.41) is 7.12. The van der Waals surface area contributed by atoms with Crippen LogP contribution in [-0.2, 0) is 6.42 Å². The Hall–Kier alpha value is -1.87. The Morgan fingerprint density at radius 2 is 1.64 bits per heavy atom. The van der Waals surface area contributed by atoms with Crippen LogP contribution >= 0.6 is 12.2 Å². The number of benzene rings is 2. The summed E-state index contributed by atoms with van der Waals surface area (Å²) in [5.41, 5.74) is 4.97. The second kappa shape index (κ2) is 7.95. The van der Waals surface area contributed by atoms with Crippen molar-refractivity contribution in [3.05, 3.63) is 65.2 Å². The summed E-state index contributed by atoms with van der Waals surface area (Å²) < 4.78 is 0. The van der Waals surface area contributed by atoms with Crippen molar-refractivity contribution in [2.45, 2.75) is 33.1 Å². The monoisotopic (exact) mass is 312 g/mol. The van der Waals surface area contributed by atoms with Gasteiger partial charge in [-0.3, -0.25) is 0 Å². The smallest absolute Gasteiger partial charge is 0.170 e. The predicted octanol–water partition coefficient (Wildman–Crippen LogP) is 4.65. The van der Waals surface area contributed by atoms with E-state index in [9.17, 15) is 0 Å². The second-order valence-electron chi connectivity index (χ2n) is 5.89. The third-order valence-electron chi connectivity index (χ3n) is 3.66. The van der Waals surface area contributed by atoms with Crippen LogP contribution in [0.25, 0.3) is 0 Å². The Bertz CT molecular complexity index is 600. The number of aryl methyl sites for hydroxylation is 1. The molecule has 0 unspecified atom stereocenters. The molecular formula is C19H24N2S. The standard InChI is InChI=1S/C19H24N2S/c1-14(2)17-8-6-16(7-9-17)12-13-20-19(22)21-18-10-4-15(3)5-11-18/h4-11,14H,12-13H2,1-3H3,(H2,20,21,22). The highest BCUT2D eigenvalue weighted by Crippen LogP contribution is 2.14. The van der Waals surface area contributed by atoms with E-state index in [-0.39, 0.29) is 0 Å². The van der Waals surface area contributed by atoms with E-state index in [1.807, 2.05) is 12.1 Å². The first-order valence-electron chi connectivity index (χ1n) is 7.75. The van der Waals surface area contributed by atoms with Crippen LogP contribution in [0.3, 0.4) is 0 Å². The number of hydrogen-bond acceptors (Lipinski definition) is 1. The van der Waals surface area contributed by atoms with Crippen LogP contribution in [0.2, 0.25) is 0 Å². The Morgan fingerprint density at radius 3 is 2.23 bits per heavy atom. The maximum Gasteiger partial charge on any atom is 0.170 e. The van der Waals surface area contributed by atoms with Crippen molar-refractivity contribution in [1.82, 2.24) is 5.32 Å². The average Bonchev–Trinajstić information content (AvgIpc) is 2.50. The number of thiocarbonyl (C=S) groups is 1. The number of anilines is 1. The first kappa shape index (κ1) is 16.5. The molecule has 116 valence electrons. The van der Waals surface area contributed by atoms with E-state index in [2.05, 4.69) is 67.8 Å². The molecular weight excluding hydrogens is 288 g/mol. The summed E-state index contributed by atoms with van der Waals surface area (Å²) in [7, 11) is 0. The maximum absolute atomic E-state index is 5.32. The molecule has 0 heterocycles. The van der Waals surface area contributed by atoms with Crippen molar-refractivity contribution < 1.29 is 0 Å². The zero-order valence-electron chi connectivity index (χ0n) is 13.5. The van der Waals surface area contributed by atoms with E-state index in [0.717, 1.165) is 18.7 Å². The van der Waals surface area contributed by atoms with E-state index in [1.165, 1.54) is 16.7 Å². The topological polar surface area (TPSA) is 24.1 Å². The van der Waals surface area contributed by atoms with Crippen LogP contribution in [0.15, 0.2) is 48.5 Å². The second-order valence-corrected chi connectivity index (χ2v) is 6.30. The van der Waals surface area contributed by atoms with Gasteiger partial charge in [0.2, 0.25) is 0 Å². The largest absolute Gasteiger partial charge is 0.362 e. The van der Waals surface area contributed by atoms with E-state index in [4.69, 9.17) is 12.2 Å². The van der Waals surface area contributed by atoms with Crippen LogP contribution in [0.4, 0.5) is 5.69 Å². The minimum absolute atomic E-state index is 0.582. The van der Waals surface area contributed by atoms with Gasteiger partial charge in [0, 0.05) is 12.2 Å². The highest BCUT2D eigenvalue weighted by Gasteiger charge is 2.00. The molecule has 0 aliphatic heterocycles. The maximum atomic E-state index is 5.32. The molecule has 2 N–H and O–H groups in total. The van der Waals surface area contributed by atoms with Crippen LogP contribution in [-0.4, -0.2) is 11.7 Å². The van der Waals surface area contributed by atoms with Gasteiger partial charge < -0.3 is 10.6 Å². The highest BCUT2D eigenvalue weighted by atomic mass is 32.1. The van der Waals surface area contributed by atoms with E-state index >= 15 is 0 Å². The fourth-order valence-electron chi connectivity index (χ4n) is 2.20. The number of rotatable bonds is 5. The molecule has 0 aliphatic rings. The lowest BCUT2D eigenvalue weighted by Crippen LogP contribution is -2.30. The lowest BCUT2D eigenvalue weighted by atomic mass is 10.0. The summed E-state index contributed by atoms with van der Waals surface area (Å²) >= 11 is 5.32. The third kappa shape index (κ3) is 5.15. The Morgan fingerprint density at radius 1 is 1.00 bits per heavy atom. The average molecular weight is 312 g/mol. The van der Waals surface area contributed by atoms with E-state index in [0.29, 0.717) is 11.0 Å². The van der Waals surface area contributed by atoms with Crippen molar-refractivity contribution in [3.8, 4) is 0 Å². The van der Waals surface area contributed by atoms with Crippen molar-refractivity contribution in [3.63, 3.8) is 0 Å². The SMILES string of the molecule is Cc1ccc(NC(=S)NCCc2ccc(C(C)C)cc2)cc1. The fraction of sp³-hybridized carbons (Fsp3) is 0.316. The van der Waals surface area contributed by atoms with Gasteiger partial charge in [-0.2, -0.15) is 0 Å². The molecule has 0 atom stereocenters. The molecule has 0 saturated carbocycles. The van der Waals surface area contributed by atoms with Gasteiger partial charge in [0.1, 0.15) is 0 Å². The van der Waals surface area contributed by atoms with Crippen molar-refractivity contribution in [2.75, 3.05) is 11.9 Å². The molecule has 0 spiro atoms. The minimum Gasteiger partial charge on any atom is -0.362 e. The molecule has 0 saturated heterocycles. The first-order chi connectivity index (χ1) is 10.5. The normalized spacial score (nSPS) is 10.5. The first-order valence-corrected chi connectivity index (χ1v) is 8.16. The molecule has 0 aliphatic carbocycles. The molecule has 0 fully saturated rings. The van der Waals surface area contributed by atoms with Crippen LogP contribution in [0.1, 0.15) is 36.5 Å². The molecule has 2 rings (SSSR count). The summed E-state index contributed by atoms with van der Waals surface area (Å²) in [6.45, 7) is 7.33. The molecule has 0 bridgehead atoms. The van der Waals surface area contributed by atoms with Crippen LogP contribution in [0.5, 0.6) is 0 Å². The van der Waals surface area contributed by atoms with Crippen molar-refractivity contribution in [1.29, 1.82) is 0 Å². The van der Waals surface area contributed by atoms with Gasteiger partial charge in [-0.15, -0.1) is 0 Å². The Balaban J connectivity index is 1.75. The molecule has 22 heavy (non-hydrogen) atoms. The zero-order valence-corrected chi connectivity index (χ0v) is 14.3. The summed E-state index contributed by atoms with van der Waals surface area (Å²) in [5.74, 6) is 0.582. The minimum atomic E-state index is 0.582. The van der Waals surface area contributed by atoms with Gasteiger partial charge in [0.05, 0.1) is 0 Å². The van der Waals surface area contributed by atoms with Gasteiger partial charge >= 0.3 is 0 Å². The molecule has 0 aromatic heterocycles. The summed E-state index contributed by atoms with van der Waals surface area (Å²) in [6.07, 6.45) is 0.966. The van der Waals surface area contributed by atoms with Gasteiger partial charge in [-0.25, -0.2) is 0 Å². The van der Waals surface area contributed by atoms with E-state index in [1.54, 1.807) is 0 Å². The predicted molar refractivity (Wildman–Crippen MR) is 99.6 cm³/mol. The third-order valence-corrected chi connectivity index (χ3v) is 3.90. The molecule has 2 nitrogen and oxygen atoms in total. The van der Waals surface area contributed by atoms with Crippen LogP contribution < -0.4 is 10.6 Å². The lowest BCUT2D eigenvalue weighted by molar-refractivity contribution is 0.853. The van der Waals surface area contributed by atoms with Gasteiger partial charge in [0.25, 0.3) is 0 Å². The summed E-state index contributed by atoms with van der Waals surface area (Å²) in [6, 6.07) is 17.0. The zero-order chi connectivity index (χ0) is 15.9. The molecule has 2 aromatic rings. The quantitative estimate of drug-likeness (QED) is 0.786. The summed E-state index contributed by atoms with van der Waals surface area (Å²) in [4.78, 5) is 0. The Labute approximate surface area is 139 Å². The Kier molecular flexibility index (Phi) is 5.96. The number of nitrogens with one attached hydrogen (secondary N) is 2. The lowest BCUT2D eigenvalue weighted by Gasteiger charge is -2.11. The molecule has 3 heteroatoms. The van der Waals surface area contributed by atoms with Crippen molar-refractivity contribution >= 4 is 23.0 Å². The molecule has 0 amide bonds. The van der Waals surface area contributed by atoms with Gasteiger partial charge in [-0.05, 0) is 54.7 Å². The number of hydrogen-bond donors (Lipinski definition) is 2. The molecule has 0 radical (unpaired) electrons. The van der Waals surface area contributed by atoms with Crippen molar-refractivity contribution in [2.24, 2.45) is 0 Å². The highest BCUT2D eigenvalue weighted by molar-refractivity contribution is 7.80.